The van der Waals surface area contributed by atoms with E-state index in [-0.39, 0.29) is 12.5 Å². The first-order chi connectivity index (χ1) is 5.13. The Kier molecular flexibility index (Phi) is 6.25. The fraction of sp³-hybridized carbons (Fsp3) is 1.00. The van der Waals surface area contributed by atoms with Gasteiger partial charge in [0.25, 0.3) is 0 Å². The van der Waals surface area contributed by atoms with Gasteiger partial charge in [-0.3, -0.25) is 0 Å². The molecule has 0 fully saturated rings. The van der Waals surface area contributed by atoms with Gasteiger partial charge in [0.2, 0.25) is 0 Å². The molecule has 0 amide bonds. The van der Waals surface area contributed by atoms with Crippen LogP contribution in [0.3, 0.4) is 0 Å². The highest BCUT2D eigenvalue weighted by Crippen LogP contribution is 2.24. The van der Waals surface area contributed by atoms with E-state index in [0.717, 1.165) is 0 Å². The van der Waals surface area contributed by atoms with Gasteiger partial charge < -0.3 is 0 Å². The fourth-order valence-corrected chi connectivity index (χ4v) is 1.68. The van der Waals surface area contributed by atoms with E-state index in [4.69, 9.17) is 0 Å². The molecular formula is C9H18BrO. The normalized spacial score (nSPS) is 19.4. The molecule has 3 atom stereocenters. The first-order valence-electron chi connectivity index (χ1n) is 4.35. The lowest BCUT2D eigenvalue weighted by Gasteiger charge is -2.21. The Morgan fingerprint density at radius 3 is 2.18 bits per heavy atom. The first kappa shape index (κ1) is 11.4. The Labute approximate surface area is 78.3 Å². The predicted octanol–water partition coefficient (Wildman–Crippen LogP) is 3.25. The van der Waals surface area contributed by atoms with Crippen molar-refractivity contribution < 1.29 is 5.11 Å². The maximum atomic E-state index is 10.5. The van der Waals surface area contributed by atoms with Crippen molar-refractivity contribution in [2.75, 3.05) is 6.61 Å². The standard InChI is InChI=1S/C9H18BrO/c1-4-5-7(2)9(10)8(3)6-11/h7-9H,4-6H2,1-3H3. The average molecular weight is 222 g/mol. The summed E-state index contributed by atoms with van der Waals surface area (Å²) in [5, 5.41) is 10.5. The maximum Gasteiger partial charge on any atom is 0.0858 e. The van der Waals surface area contributed by atoms with Crippen molar-refractivity contribution in [3.05, 3.63) is 0 Å². The molecule has 0 aliphatic carbocycles. The van der Waals surface area contributed by atoms with E-state index in [2.05, 4.69) is 29.8 Å². The molecule has 0 rings (SSSR count). The summed E-state index contributed by atoms with van der Waals surface area (Å²) in [5.41, 5.74) is 0. The van der Waals surface area contributed by atoms with Gasteiger partial charge >= 0.3 is 0 Å². The first-order valence-corrected chi connectivity index (χ1v) is 5.27. The Bertz CT molecular complexity index is 95.6. The van der Waals surface area contributed by atoms with Crippen LogP contribution in [0.15, 0.2) is 0 Å². The quantitative estimate of drug-likeness (QED) is 0.636. The van der Waals surface area contributed by atoms with Crippen molar-refractivity contribution in [1.29, 1.82) is 0 Å². The van der Waals surface area contributed by atoms with Crippen LogP contribution in [0.4, 0.5) is 0 Å². The Balaban J connectivity index is 3.70. The summed E-state index contributed by atoms with van der Waals surface area (Å²) in [6, 6.07) is 0. The van der Waals surface area contributed by atoms with Crippen molar-refractivity contribution in [2.45, 2.75) is 38.4 Å². The molecule has 0 bridgehead atoms. The topological polar surface area (TPSA) is 19.9 Å². The van der Waals surface area contributed by atoms with Crippen LogP contribution in [0.5, 0.6) is 0 Å². The lowest BCUT2D eigenvalue weighted by Crippen LogP contribution is -2.21. The molecule has 0 aliphatic rings. The molecule has 0 saturated carbocycles. The van der Waals surface area contributed by atoms with Gasteiger partial charge in [0.05, 0.1) is 6.61 Å². The van der Waals surface area contributed by atoms with Crippen LogP contribution in [0.1, 0.15) is 33.6 Å². The molecule has 67 valence electrons. The van der Waals surface area contributed by atoms with Crippen molar-refractivity contribution in [1.82, 2.24) is 0 Å². The van der Waals surface area contributed by atoms with Gasteiger partial charge in [-0.1, -0.05) is 43.1 Å². The molecule has 0 N–H and O–H groups in total. The third kappa shape index (κ3) is 4.12. The molecule has 2 heteroatoms. The van der Waals surface area contributed by atoms with Crippen LogP contribution in [0.2, 0.25) is 0 Å². The van der Waals surface area contributed by atoms with Crippen LogP contribution in [-0.4, -0.2) is 11.4 Å². The summed E-state index contributed by atoms with van der Waals surface area (Å²) < 4.78 is 0. The largest absolute Gasteiger partial charge is 0.236 e. The second-order valence-corrected chi connectivity index (χ2v) is 4.41. The smallest absolute Gasteiger partial charge is 0.0858 e. The SMILES string of the molecule is CCCC(C)C(Br)C(C)C[O]. The molecule has 0 aromatic heterocycles. The van der Waals surface area contributed by atoms with E-state index in [1.54, 1.807) is 0 Å². The molecule has 3 unspecified atom stereocenters. The molecule has 0 aromatic rings. The molecule has 0 spiro atoms. The van der Waals surface area contributed by atoms with Gasteiger partial charge in [0.15, 0.2) is 0 Å². The van der Waals surface area contributed by atoms with Gasteiger partial charge in [0, 0.05) is 4.83 Å². The van der Waals surface area contributed by atoms with Crippen molar-refractivity contribution >= 4 is 15.9 Å². The molecule has 0 aromatic carbocycles. The monoisotopic (exact) mass is 221 g/mol. The highest BCUT2D eigenvalue weighted by molar-refractivity contribution is 9.09. The van der Waals surface area contributed by atoms with Gasteiger partial charge in [-0.2, -0.15) is 0 Å². The molecule has 0 heterocycles. The molecular weight excluding hydrogens is 204 g/mol. The van der Waals surface area contributed by atoms with E-state index in [0.29, 0.717) is 10.7 Å². The number of halogens is 1. The highest BCUT2D eigenvalue weighted by Gasteiger charge is 2.19. The average Bonchev–Trinajstić information content (AvgIpc) is 2.02. The van der Waals surface area contributed by atoms with E-state index in [1.807, 2.05) is 6.92 Å². The van der Waals surface area contributed by atoms with Crippen LogP contribution in [0.25, 0.3) is 0 Å². The fourth-order valence-electron chi connectivity index (χ4n) is 1.27. The molecule has 1 nitrogen and oxygen atoms in total. The minimum absolute atomic E-state index is 0.0317. The highest BCUT2D eigenvalue weighted by atomic mass is 79.9. The second kappa shape index (κ2) is 6.01. The van der Waals surface area contributed by atoms with Crippen molar-refractivity contribution in [3.63, 3.8) is 0 Å². The van der Waals surface area contributed by atoms with Gasteiger partial charge in [-0.25, -0.2) is 5.11 Å². The second-order valence-electron chi connectivity index (χ2n) is 3.35. The van der Waals surface area contributed by atoms with Gasteiger partial charge in [0.1, 0.15) is 0 Å². The third-order valence-electron chi connectivity index (χ3n) is 2.09. The zero-order valence-corrected chi connectivity index (χ0v) is 9.23. The zero-order chi connectivity index (χ0) is 8.85. The van der Waals surface area contributed by atoms with E-state index < -0.39 is 0 Å². The minimum atomic E-state index is 0.0317. The maximum absolute atomic E-state index is 10.5. The number of hydrogen-bond donors (Lipinski definition) is 0. The molecule has 0 aliphatic heterocycles. The van der Waals surface area contributed by atoms with Crippen LogP contribution in [-0.2, 0) is 5.11 Å². The number of alkyl halides is 1. The summed E-state index contributed by atoms with van der Waals surface area (Å²) in [7, 11) is 0. The lowest BCUT2D eigenvalue weighted by atomic mass is 9.94. The lowest BCUT2D eigenvalue weighted by molar-refractivity contribution is 0.142. The number of rotatable bonds is 5. The van der Waals surface area contributed by atoms with Crippen LogP contribution < -0.4 is 0 Å². The summed E-state index contributed by atoms with van der Waals surface area (Å²) in [6.45, 7) is 6.43. The van der Waals surface area contributed by atoms with E-state index >= 15 is 0 Å². The molecule has 0 saturated heterocycles. The van der Waals surface area contributed by atoms with Gasteiger partial charge in [-0.15, -0.1) is 0 Å². The van der Waals surface area contributed by atoms with Crippen molar-refractivity contribution in [2.24, 2.45) is 11.8 Å². The summed E-state index contributed by atoms with van der Waals surface area (Å²) in [5.74, 6) is 0.889. The van der Waals surface area contributed by atoms with E-state index in [9.17, 15) is 5.11 Å². The zero-order valence-electron chi connectivity index (χ0n) is 7.64. The Morgan fingerprint density at radius 2 is 1.82 bits per heavy atom. The molecule has 1 radical (unpaired) electrons. The van der Waals surface area contributed by atoms with Crippen molar-refractivity contribution in [3.8, 4) is 0 Å². The third-order valence-corrected chi connectivity index (χ3v) is 3.90. The van der Waals surface area contributed by atoms with Crippen LogP contribution >= 0.6 is 15.9 Å². The summed E-state index contributed by atoms with van der Waals surface area (Å²) in [4.78, 5) is 0.403. The number of hydrogen-bond acceptors (Lipinski definition) is 0. The molecule has 11 heavy (non-hydrogen) atoms. The van der Waals surface area contributed by atoms with E-state index in [1.165, 1.54) is 12.8 Å². The minimum Gasteiger partial charge on any atom is -0.236 e. The van der Waals surface area contributed by atoms with Crippen LogP contribution in [0, 0.1) is 11.8 Å². The predicted molar refractivity (Wildman–Crippen MR) is 51.5 cm³/mol. The van der Waals surface area contributed by atoms with Gasteiger partial charge in [-0.05, 0) is 18.3 Å². The Morgan fingerprint density at radius 1 is 1.27 bits per heavy atom. The summed E-state index contributed by atoms with van der Waals surface area (Å²) in [6.07, 6.45) is 2.41. The summed E-state index contributed by atoms with van der Waals surface area (Å²) >= 11 is 3.57. The Hall–Kier alpha value is 0.440.